The van der Waals surface area contributed by atoms with Crippen LogP contribution in [0.3, 0.4) is 0 Å². The van der Waals surface area contributed by atoms with Gasteiger partial charge in [0.25, 0.3) is 0 Å². The van der Waals surface area contributed by atoms with Crippen LogP contribution in [0.25, 0.3) is 0 Å². The maximum Gasteiger partial charge on any atom is 0.238 e. The molecule has 0 saturated carbocycles. The van der Waals surface area contributed by atoms with E-state index in [2.05, 4.69) is 16.2 Å². The van der Waals surface area contributed by atoms with Crippen LogP contribution in [0.4, 0.5) is 0 Å². The zero-order valence-corrected chi connectivity index (χ0v) is 11.3. The lowest BCUT2D eigenvalue weighted by atomic mass is 10.0. The Morgan fingerprint density at radius 3 is 2.89 bits per heavy atom. The van der Waals surface area contributed by atoms with Crippen molar-refractivity contribution in [1.82, 2.24) is 16.2 Å². The molecular formula is C13H18ClN3O. The molecule has 0 aliphatic carbocycles. The van der Waals surface area contributed by atoms with Gasteiger partial charge in [-0.3, -0.25) is 4.79 Å². The summed E-state index contributed by atoms with van der Waals surface area (Å²) in [6.07, 6.45) is 0.721. The maximum atomic E-state index is 11.9. The van der Waals surface area contributed by atoms with Gasteiger partial charge in [0.15, 0.2) is 0 Å². The number of halogens is 1. The lowest BCUT2D eigenvalue weighted by molar-refractivity contribution is -0.123. The molecule has 5 heteroatoms. The van der Waals surface area contributed by atoms with E-state index in [9.17, 15) is 4.79 Å². The normalized spacial score (nSPS) is 23.3. The quantitative estimate of drug-likeness (QED) is 0.782. The Hall–Kier alpha value is -1.10. The average Bonchev–Trinajstić information content (AvgIpc) is 2.77. The number of rotatable bonds is 3. The van der Waals surface area contributed by atoms with Crippen LogP contribution >= 0.6 is 11.6 Å². The zero-order chi connectivity index (χ0) is 13.1. The number of carbonyl (C=O) groups is 1. The minimum absolute atomic E-state index is 0.0297. The number of hydrogen-bond acceptors (Lipinski definition) is 3. The van der Waals surface area contributed by atoms with E-state index in [-0.39, 0.29) is 24.0 Å². The van der Waals surface area contributed by atoms with Gasteiger partial charge in [0, 0.05) is 17.1 Å². The number of benzene rings is 1. The van der Waals surface area contributed by atoms with E-state index in [0.717, 1.165) is 12.0 Å². The Balaban J connectivity index is 1.98. The van der Waals surface area contributed by atoms with Gasteiger partial charge in [0.2, 0.25) is 5.91 Å². The highest BCUT2D eigenvalue weighted by Crippen LogP contribution is 2.24. The molecule has 1 aromatic rings. The van der Waals surface area contributed by atoms with Crippen molar-refractivity contribution < 1.29 is 4.79 Å². The summed E-state index contributed by atoms with van der Waals surface area (Å²) in [7, 11) is 0. The summed E-state index contributed by atoms with van der Waals surface area (Å²) in [5.74, 6) is 0.0297. The van der Waals surface area contributed by atoms with Gasteiger partial charge in [-0.15, -0.1) is 0 Å². The standard InChI is InChI=1S/C13H18ClN3O/c1-8(2)15-13(18)12-7-11(16-17-12)9-4-3-5-10(14)6-9/h3-6,8,11-12,16-17H,7H2,1-2H3,(H,15,18). The fourth-order valence-corrected chi connectivity index (χ4v) is 2.25. The molecule has 0 spiro atoms. The molecular weight excluding hydrogens is 250 g/mol. The van der Waals surface area contributed by atoms with Gasteiger partial charge in [0.1, 0.15) is 6.04 Å². The molecule has 2 atom stereocenters. The Kier molecular flexibility index (Phi) is 4.22. The van der Waals surface area contributed by atoms with Gasteiger partial charge < -0.3 is 5.32 Å². The van der Waals surface area contributed by atoms with Crippen molar-refractivity contribution in [1.29, 1.82) is 0 Å². The Morgan fingerprint density at radius 2 is 2.22 bits per heavy atom. The molecule has 1 saturated heterocycles. The Morgan fingerprint density at radius 1 is 1.44 bits per heavy atom. The van der Waals surface area contributed by atoms with Crippen LogP contribution in [-0.2, 0) is 4.79 Å². The van der Waals surface area contributed by atoms with E-state index >= 15 is 0 Å². The van der Waals surface area contributed by atoms with E-state index in [0.29, 0.717) is 5.02 Å². The molecule has 2 rings (SSSR count). The highest BCUT2D eigenvalue weighted by Gasteiger charge is 2.30. The largest absolute Gasteiger partial charge is 0.353 e. The van der Waals surface area contributed by atoms with Crippen molar-refractivity contribution in [2.24, 2.45) is 0 Å². The van der Waals surface area contributed by atoms with Crippen LogP contribution in [-0.4, -0.2) is 18.0 Å². The van der Waals surface area contributed by atoms with Crippen molar-refractivity contribution >= 4 is 17.5 Å². The van der Waals surface area contributed by atoms with Crippen molar-refractivity contribution in [2.45, 2.75) is 38.4 Å². The molecule has 1 fully saturated rings. The van der Waals surface area contributed by atoms with Crippen LogP contribution < -0.4 is 16.2 Å². The van der Waals surface area contributed by atoms with E-state index in [1.807, 2.05) is 38.1 Å². The first kappa shape index (κ1) is 13.3. The highest BCUT2D eigenvalue weighted by molar-refractivity contribution is 6.30. The first-order valence-corrected chi connectivity index (χ1v) is 6.51. The van der Waals surface area contributed by atoms with Crippen molar-refractivity contribution in [3.8, 4) is 0 Å². The first-order chi connectivity index (χ1) is 8.56. The van der Waals surface area contributed by atoms with Crippen LogP contribution in [0.15, 0.2) is 24.3 Å². The van der Waals surface area contributed by atoms with Crippen LogP contribution in [0, 0.1) is 0 Å². The topological polar surface area (TPSA) is 53.2 Å². The summed E-state index contributed by atoms with van der Waals surface area (Å²) in [5.41, 5.74) is 7.25. The fourth-order valence-electron chi connectivity index (χ4n) is 2.06. The molecule has 2 unspecified atom stereocenters. The zero-order valence-electron chi connectivity index (χ0n) is 10.5. The third-order valence-corrected chi connectivity index (χ3v) is 3.14. The number of hydrogen-bond donors (Lipinski definition) is 3. The summed E-state index contributed by atoms with van der Waals surface area (Å²) < 4.78 is 0. The SMILES string of the molecule is CC(C)NC(=O)C1CC(c2cccc(Cl)c2)NN1. The van der Waals surface area contributed by atoms with Gasteiger partial charge in [-0.1, -0.05) is 23.7 Å². The van der Waals surface area contributed by atoms with E-state index < -0.39 is 0 Å². The van der Waals surface area contributed by atoms with Gasteiger partial charge in [-0.2, -0.15) is 0 Å². The summed E-state index contributed by atoms with van der Waals surface area (Å²) in [5, 5.41) is 3.61. The molecule has 98 valence electrons. The van der Waals surface area contributed by atoms with E-state index in [1.165, 1.54) is 0 Å². The third kappa shape index (κ3) is 3.22. The minimum Gasteiger partial charge on any atom is -0.353 e. The molecule has 1 amide bonds. The third-order valence-electron chi connectivity index (χ3n) is 2.90. The van der Waals surface area contributed by atoms with E-state index in [4.69, 9.17) is 11.6 Å². The summed E-state index contributed by atoms with van der Waals surface area (Å²) in [6, 6.07) is 7.77. The van der Waals surface area contributed by atoms with Crippen LogP contribution in [0.2, 0.25) is 5.02 Å². The number of carbonyl (C=O) groups excluding carboxylic acids is 1. The summed E-state index contributed by atoms with van der Waals surface area (Å²) in [6.45, 7) is 3.91. The molecule has 1 heterocycles. The molecule has 3 N–H and O–H groups in total. The van der Waals surface area contributed by atoms with E-state index in [1.54, 1.807) is 0 Å². The second kappa shape index (κ2) is 5.69. The predicted molar refractivity (Wildman–Crippen MR) is 72.1 cm³/mol. The molecule has 1 aliphatic rings. The monoisotopic (exact) mass is 267 g/mol. The summed E-state index contributed by atoms with van der Waals surface area (Å²) in [4.78, 5) is 11.9. The van der Waals surface area contributed by atoms with Crippen molar-refractivity contribution in [3.05, 3.63) is 34.9 Å². The molecule has 0 bridgehead atoms. The molecule has 1 aliphatic heterocycles. The molecule has 1 aromatic carbocycles. The number of nitrogens with one attached hydrogen (secondary N) is 3. The Labute approximate surface area is 112 Å². The highest BCUT2D eigenvalue weighted by atomic mass is 35.5. The fraction of sp³-hybridized carbons (Fsp3) is 0.462. The van der Waals surface area contributed by atoms with Crippen LogP contribution in [0.1, 0.15) is 31.9 Å². The summed E-state index contributed by atoms with van der Waals surface area (Å²) >= 11 is 5.96. The maximum absolute atomic E-state index is 11.9. The predicted octanol–water partition coefficient (Wildman–Crippen LogP) is 1.77. The molecule has 0 radical (unpaired) electrons. The number of amides is 1. The molecule has 18 heavy (non-hydrogen) atoms. The average molecular weight is 268 g/mol. The molecule has 4 nitrogen and oxygen atoms in total. The second-order valence-electron chi connectivity index (χ2n) is 4.85. The molecule has 0 aromatic heterocycles. The van der Waals surface area contributed by atoms with Crippen molar-refractivity contribution in [3.63, 3.8) is 0 Å². The van der Waals surface area contributed by atoms with Crippen LogP contribution in [0.5, 0.6) is 0 Å². The van der Waals surface area contributed by atoms with Gasteiger partial charge in [-0.05, 0) is 38.0 Å². The van der Waals surface area contributed by atoms with Gasteiger partial charge in [-0.25, -0.2) is 10.9 Å². The van der Waals surface area contributed by atoms with Gasteiger partial charge in [0.05, 0.1) is 0 Å². The smallest absolute Gasteiger partial charge is 0.238 e. The second-order valence-corrected chi connectivity index (χ2v) is 5.28. The lowest BCUT2D eigenvalue weighted by Crippen LogP contribution is -2.45. The Bertz CT molecular complexity index is 436. The van der Waals surface area contributed by atoms with Gasteiger partial charge >= 0.3 is 0 Å². The lowest BCUT2D eigenvalue weighted by Gasteiger charge is -2.13. The van der Waals surface area contributed by atoms with Crippen molar-refractivity contribution in [2.75, 3.05) is 0 Å². The minimum atomic E-state index is -0.198. The number of hydrazine groups is 1. The first-order valence-electron chi connectivity index (χ1n) is 6.13.